The first-order valence-corrected chi connectivity index (χ1v) is 6.51. The number of carbonyl (C=O) groups excluding carboxylic acids is 2. The van der Waals surface area contributed by atoms with Crippen LogP contribution in [0.3, 0.4) is 0 Å². The van der Waals surface area contributed by atoms with Crippen LogP contribution in [0.15, 0.2) is 0 Å². The average molecular weight is 258 g/mol. The lowest BCUT2D eigenvalue weighted by Crippen LogP contribution is -2.51. The maximum Gasteiger partial charge on any atom is 0.327 e. The van der Waals surface area contributed by atoms with Crippen LogP contribution in [-0.4, -0.2) is 51.0 Å². The first-order valence-electron chi connectivity index (χ1n) is 5.46. The number of aliphatic carboxylic acids is 1. The molecule has 2 aliphatic heterocycles. The molecule has 0 bridgehead atoms. The summed E-state index contributed by atoms with van der Waals surface area (Å²) in [7, 11) is 0. The van der Waals surface area contributed by atoms with Gasteiger partial charge in [0.05, 0.1) is 5.37 Å². The summed E-state index contributed by atoms with van der Waals surface area (Å²) >= 11 is 1.44. The van der Waals surface area contributed by atoms with Crippen LogP contribution < -0.4 is 5.32 Å². The number of carboxylic acid groups (broad SMARTS) is 1. The Labute approximate surface area is 103 Å². The van der Waals surface area contributed by atoms with Gasteiger partial charge in [0.15, 0.2) is 0 Å². The van der Waals surface area contributed by atoms with Crippen molar-refractivity contribution in [1.29, 1.82) is 0 Å². The molecule has 0 aliphatic carbocycles. The number of hydrogen-bond acceptors (Lipinski definition) is 4. The molecule has 94 valence electrons. The van der Waals surface area contributed by atoms with Crippen LogP contribution in [0.4, 0.5) is 0 Å². The van der Waals surface area contributed by atoms with Gasteiger partial charge in [-0.15, -0.1) is 11.8 Å². The summed E-state index contributed by atoms with van der Waals surface area (Å²) in [6, 6.07) is -1.33. The fourth-order valence-corrected chi connectivity index (χ4v) is 3.32. The van der Waals surface area contributed by atoms with Gasteiger partial charge < -0.3 is 15.3 Å². The normalized spacial score (nSPS) is 32.6. The van der Waals surface area contributed by atoms with Crippen LogP contribution in [0.5, 0.6) is 0 Å². The van der Waals surface area contributed by atoms with E-state index in [2.05, 4.69) is 5.32 Å². The standard InChI is InChI=1S/C10H14N2O4S/c1-5-12(7(4-17-5)10(15)16)9(14)6-2-3-8(13)11-6/h5-7H,2-4H2,1H3,(H,11,13)(H,15,16)/t5?,6-,7?/m0/s1. The summed E-state index contributed by atoms with van der Waals surface area (Å²) in [5.41, 5.74) is 0. The van der Waals surface area contributed by atoms with Crippen molar-refractivity contribution in [3.63, 3.8) is 0 Å². The number of thioether (sulfide) groups is 1. The molecule has 0 saturated carbocycles. The Morgan fingerprint density at radius 2 is 2.24 bits per heavy atom. The highest BCUT2D eigenvalue weighted by Crippen LogP contribution is 2.30. The van der Waals surface area contributed by atoms with Crippen molar-refractivity contribution in [2.75, 3.05) is 5.75 Å². The van der Waals surface area contributed by atoms with Gasteiger partial charge >= 0.3 is 5.97 Å². The summed E-state index contributed by atoms with van der Waals surface area (Å²) in [5, 5.41) is 11.5. The van der Waals surface area contributed by atoms with Crippen LogP contribution >= 0.6 is 11.8 Å². The van der Waals surface area contributed by atoms with E-state index in [0.29, 0.717) is 18.6 Å². The summed E-state index contributed by atoms with van der Waals surface area (Å²) < 4.78 is 0. The maximum atomic E-state index is 12.2. The minimum atomic E-state index is -0.987. The largest absolute Gasteiger partial charge is 0.480 e. The summed E-state index contributed by atoms with van der Waals surface area (Å²) in [6.45, 7) is 1.81. The van der Waals surface area contributed by atoms with Crippen molar-refractivity contribution in [2.45, 2.75) is 37.2 Å². The third-order valence-electron chi connectivity index (χ3n) is 3.06. The smallest absolute Gasteiger partial charge is 0.327 e. The van der Waals surface area contributed by atoms with Crippen molar-refractivity contribution >= 4 is 29.5 Å². The molecule has 2 saturated heterocycles. The number of amides is 2. The van der Waals surface area contributed by atoms with Crippen LogP contribution in [0, 0.1) is 0 Å². The Morgan fingerprint density at radius 1 is 1.53 bits per heavy atom. The Hall–Kier alpha value is -1.24. The molecular weight excluding hydrogens is 244 g/mol. The number of hydrogen-bond donors (Lipinski definition) is 2. The van der Waals surface area contributed by atoms with Crippen molar-refractivity contribution in [2.24, 2.45) is 0 Å². The Morgan fingerprint density at radius 3 is 2.76 bits per heavy atom. The van der Waals surface area contributed by atoms with Gasteiger partial charge in [-0.1, -0.05) is 0 Å². The number of rotatable bonds is 2. The van der Waals surface area contributed by atoms with Crippen LogP contribution in [0.1, 0.15) is 19.8 Å². The van der Waals surface area contributed by atoms with Crippen LogP contribution in [0.2, 0.25) is 0 Å². The van der Waals surface area contributed by atoms with Gasteiger partial charge in [-0.05, 0) is 13.3 Å². The van der Waals surface area contributed by atoms with Crippen molar-refractivity contribution in [3.05, 3.63) is 0 Å². The molecule has 2 rings (SSSR count). The van der Waals surface area contributed by atoms with Gasteiger partial charge in [0.1, 0.15) is 12.1 Å². The minimum absolute atomic E-state index is 0.144. The maximum absolute atomic E-state index is 12.2. The van der Waals surface area contributed by atoms with E-state index in [9.17, 15) is 14.4 Å². The van der Waals surface area contributed by atoms with Gasteiger partial charge in [-0.2, -0.15) is 0 Å². The molecule has 3 atom stereocenters. The highest BCUT2D eigenvalue weighted by Gasteiger charge is 2.43. The van der Waals surface area contributed by atoms with Gasteiger partial charge in [0.2, 0.25) is 11.8 Å². The number of carboxylic acids is 1. The van der Waals surface area contributed by atoms with Crippen molar-refractivity contribution in [1.82, 2.24) is 10.2 Å². The second-order valence-corrected chi connectivity index (χ2v) is 5.54. The quantitative estimate of drug-likeness (QED) is 0.706. The van der Waals surface area contributed by atoms with Crippen LogP contribution in [-0.2, 0) is 14.4 Å². The fraction of sp³-hybridized carbons (Fsp3) is 0.700. The minimum Gasteiger partial charge on any atom is -0.480 e. The zero-order valence-corrected chi connectivity index (χ0v) is 10.2. The molecule has 2 unspecified atom stereocenters. The molecule has 0 spiro atoms. The number of nitrogens with zero attached hydrogens (tertiary/aromatic N) is 1. The van der Waals surface area contributed by atoms with E-state index in [1.165, 1.54) is 16.7 Å². The zero-order chi connectivity index (χ0) is 12.6. The topological polar surface area (TPSA) is 86.7 Å². The molecule has 7 heteroatoms. The van der Waals surface area contributed by atoms with E-state index < -0.39 is 18.1 Å². The lowest BCUT2D eigenvalue weighted by atomic mass is 10.1. The first-order chi connectivity index (χ1) is 8.00. The second-order valence-electron chi connectivity index (χ2n) is 4.19. The molecule has 0 aromatic heterocycles. The average Bonchev–Trinajstić information content (AvgIpc) is 2.83. The van der Waals surface area contributed by atoms with E-state index in [1.54, 1.807) is 0 Å². The molecular formula is C10H14N2O4S. The molecule has 2 fully saturated rings. The lowest BCUT2D eigenvalue weighted by Gasteiger charge is -2.27. The molecule has 0 radical (unpaired) electrons. The number of carbonyl (C=O) groups is 3. The first kappa shape index (κ1) is 12.2. The van der Waals surface area contributed by atoms with E-state index in [0.717, 1.165) is 0 Å². The Kier molecular flexibility index (Phi) is 3.28. The lowest BCUT2D eigenvalue weighted by molar-refractivity contribution is -0.149. The SMILES string of the molecule is CC1SCC(C(=O)O)N1C(=O)[C@@H]1CCC(=O)N1. The molecule has 2 N–H and O–H groups in total. The highest BCUT2D eigenvalue weighted by atomic mass is 32.2. The van der Waals surface area contributed by atoms with Gasteiger partial charge in [-0.25, -0.2) is 4.79 Å². The van der Waals surface area contributed by atoms with E-state index in [4.69, 9.17) is 5.11 Å². The Balaban J connectivity index is 2.11. The molecule has 0 aromatic rings. The zero-order valence-electron chi connectivity index (χ0n) is 9.38. The monoisotopic (exact) mass is 258 g/mol. The van der Waals surface area contributed by atoms with E-state index in [-0.39, 0.29) is 17.2 Å². The van der Waals surface area contributed by atoms with Crippen molar-refractivity contribution < 1.29 is 19.5 Å². The van der Waals surface area contributed by atoms with E-state index >= 15 is 0 Å². The third-order valence-corrected chi connectivity index (χ3v) is 4.27. The highest BCUT2D eigenvalue weighted by molar-refractivity contribution is 8.00. The predicted octanol–water partition coefficient (Wildman–Crippen LogP) is -0.360. The molecule has 17 heavy (non-hydrogen) atoms. The van der Waals surface area contributed by atoms with Crippen molar-refractivity contribution in [3.8, 4) is 0 Å². The predicted molar refractivity (Wildman–Crippen MR) is 61.4 cm³/mol. The third kappa shape index (κ3) is 2.24. The molecule has 0 aromatic carbocycles. The Bertz CT molecular complexity index is 373. The van der Waals surface area contributed by atoms with Gasteiger partial charge in [0, 0.05) is 12.2 Å². The van der Waals surface area contributed by atoms with Gasteiger partial charge in [0.25, 0.3) is 0 Å². The molecule has 6 nitrogen and oxygen atoms in total. The number of nitrogens with one attached hydrogen (secondary N) is 1. The van der Waals surface area contributed by atoms with Gasteiger partial charge in [-0.3, -0.25) is 9.59 Å². The summed E-state index contributed by atoms with van der Waals surface area (Å²) in [6.07, 6.45) is 0.793. The molecule has 2 heterocycles. The summed E-state index contributed by atoms with van der Waals surface area (Å²) in [5.74, 6) is -1.00. The second kappa shape index (κ2) is 4.56. The molecule has 2 aliphatic rings. The molecule has 2 amide bonds. The van der Waals surface area contributed by atoms with Crippen LogP contribution in [0.25, 0.3) is 0 Å². The van der Waals surface area contributed by atoms with E-state index in [1.807, 2.05) is 6.92 Å². The fourth-order valence-electron chi connectivity index (χ4n) is 2.15. The summed E-state index contributed by atoms with van der Waals surface area (Å²) in [4.78, 5) is 35.6.